The van der Waals surface area contributed by atoms with Gasteiger partial charge in [-0.05, 0) is 37.0 Å². The molecule has 1 saturated carbocycles. The summed E-state index contributed by atoms with van der Waals surface area (Å²) in [4.78, 5) is 16.1. The first-order valence-electron chi connectivity index (χ1n) is 9.22. The quantitative estimate of drug-likeness (QED) is 0.859. The van der Waals surface area contributed by atoms with Gasteiger partial charge in [0.25, 0.3) is 5.91 Å². The van der Waals surface area contributed by atoms with Crippen molar-refractivity contribution in [1.82, 2.24) is 14.7 Å². The molecule has 1 aromatic heterocycles. The molecule has 1 aliphatic heterocycles. The molecule has 2 heterocycles. The Morgan fingerprint density at radius 2 is 2.04 bits per heavy atom. The van der Waals surface area contributed by atoms with Crippen LogP contribution in [0.3, 0.4) is 0 Å². The molecule has 0 N–H and O–H groups in total. The Balaban J connectivity index is 1.46. The third-order valence-electron chi connectivity index (χ3n) is 5.41. The van der Waals surface area contributed by atoms with Crippen molar-refractivity contribution in [2.24, 2.45) is 5.92 Å². The Kier molecular flexibility index (Phi) is 4.24. The smallest absolute Gasteiger partial charge is 0.253 e. The number of carbonyl (C=O) groups excluding carboxylic acids is 1. The van der Waals surface area contributed by atoms with Crippen molar-refractivity contribution >= 4 is 11.6 Å². The van der Waals surface area contributed by atoms with E-state index in [1.165, 1.54) is 36.9 Å². The average molecular weight is 338 g/mol. The summed E-state index contributed by atoms with van der Waals surface area (Å²) in [6.45, 7) is 2.77. The molecule has 0 radical (unpaired) electrons. The molecule has 5 heteroatoms. The van der Waals surface area contributed by atoms with Crippen LogP contribution in [0.4, 0.5) is 5.69 Å². The zero-order chi connectivity index (χ0) is 17.4. The highest BCUT2D eigenvalue weighted by molar-refractivity contribution is 5.94. The molecule has 1 fully saturated rings. The van der Waals surface area contributed by atoms with Crippen LogP contribution in [0.25, 0.3) is 0 Å². The molecule has 1 amide bonds. The maximum atomic E-state index is 12.2. The monoisotopic (exact) mass is 338 g/mol. The van der Waals surface area contributed by atoms with Gasteiger partial charge in [0, 0.05) is 50.2 Å². The van der Waals surface area contributed by atoms with Crippen LogP contribution >= 0.6 is 0 Å². The standard InChI is InChI=1S/C20H26N4O/c1-22(2)20(25)16-8-5-9-18(10-16)23-12-17-13-24(21-19(17)14-23)11-15-6-3-4-7-15/h5,8-10,13,15H,3-4,6-7,11-12,14H2,1-2H3. The Morgan fingerprint density at radius 1 is 1.24 bits per heavy atom. The predicted molar refractivity (Wildman–Crippen MR) is 98.5 cm³/mol. The number of nitrogens with zero attached hydrogens (tertiary/aromatic N) is 4. The first kappa shape index (κ1) is 16.2. The van der Waals surface area contributed by atoms with Gasteiger partial charge in [0.1, 0.15) is 0 Å². The molecular formula is C20H26N4O. The zero-order valence-corrected chi connectivity index (χ0v) is 15.1. The first-order valence-corrected chi connectivity index (χ1v) is 9.22. The number of carbonyl (C=O) groups is 1. The molecule has 132 valence electrons. The summed E-state index contributed by atoms with van der Waals surface area (Å²) >= 11 is 0. The number of rotatable bonds is 4. The highest BCUT2D eigenvalue weighted by atomic mass is 16.2. The molecule has 5 nitrogen and oxygen atoms in total. The van der Waals surface area contributed by atoms with Gasteiger partial charge in [-0.3, -0.25) is 9.48 Å². The van der Waals surface area contributed by atoms with Crippen LogP contribution in [0.15, 0.2) is 30.5 Å². The van der Waals surface area contributed by atoms with Crippen molar-refractivity contribution in [2.45, 2.75) is 45.3 Å². The predicted octanol–water partition coefficient (Wildman–Crippen LogP) is 3.30. The third kappa shape index (κ3) is 3.28. The van der Waals surface area contributed by atoms with Crippen molar-refractivity contribution in [2.75, 3.05) is 19.0 Å². The van der Waals surface area contributed by atoms with Crippen LogP contribution in [0, 0.1) is 5.92 Å². The summed E-state index contributed by atoms with van der Waals surface area (Å²) in [6, 6.07) is 7.90. The molecule has 4 rings (SSSR count). The Labute approximate surface area is 149 Å². The molecular weight excluding hydrogens is 312 g/mol. The van der Waals surface area contributed by atoms with Gasteiger partial charge in [-0.25, -0.2) is 0 Å². The summed E-state index contributed by atoms with van der Waals surface area (Å²) in [6.07, 6.45) is 7.68. The number of aromatic nitrogens is 2. The largest absolute Gasteiger partial charge is 0.361 e. The fraction of sp³-hybridized carbons (Fsp3) is 0.500. The number of hydrogen-bond acceptors (Lipinski definition) is 3. The van der Waals surface area contributed by atoms with E-state index in [0.717, 1.165) is 36.8 Å². The lowest BCUT2D eigenvalue weighted by Crippen LogP contribution is -2.22. The summed E-state index contributed by atoms with van der Waals surface area (Å²) in [7, 11) is 3.57. The molecule has 1 aromatic carbocycles. The lowest BCUT2D eigenvalue weighted by atomic mass is 10.1. The minimum Gasteiger partial charge on any atom is -0.361 e. The number of amides is 1. The normalized spacial score (nSPS) is 17.1. The SMILES string of the molecule is CN(C)C(=O)c1cccc(N2Cc3cn(CC4CCCC4)nc3C2)c1. The summed E-state index contributed by atoms with van der Waals surface area (Å²) in [5.74, 6) is 0.852. The van der Waals surface area contributed by atoms with Crippen molar-refractivity contribution in [3.63, 3.8) is 0 Å². The number of fused-ring (bicyclic) bond motifs is 1. The molecule has 0 atom stereocenters. The van der Waals surface area contributed by atoms with Crippen molar-refractivity contribution < 1.29 is 4.79 Å². The van der Waals surface area contributed by atoms with Crippen LogP contribution in [0.1, 0.15) is 47.3 Å². The van der Waals surface area contributed by atoms with E-state index in [1.54, 1.807) is 19.0 Å². The minimum absolute atomic E-state index is 0.0422. The minimum atomic E-state index is 0.0422. The average Bonchev–Trinajstić information content (AvgIpc) is 3.31. The molecule has 2 aromatic rings. The molecule has 0 saturated heterocycles. The first-order chi connectivity index (χ1) is 12.1. The summed E-state index contributed by atoms with van der Waals surface area (Å²) in [5, 5.41) is 4.82. The third-order valence-corrected chi connectivity index (χ3v) is 5.41. The summed E-state index contributed by atoms with van der Waals surface area (Å²) < 4.78 is 2.16. The van der Waals surface area contributed by atoms with Gasteiger partial charge >= 0.3 is 0 Å². The molecule has 0 unspecified atom stereocenters. The van der Waals surface area contributed by atoms with Gasteiger partial charge < -0.3 is 9.80 Å². The van der Waals surface area contributed by atoms with Crippen LogP contribution in [0.2, 0.25) is 0 Å². The Bertz CT molecular complexity index is 750. The Morgan fingerprint density at radius 3 is 2.76 bits per heavy atom. The van der Waals surface area contributed by atoms with Gasteiger partial charge in [0.2, 0.25) is 0 Å². The second-order valence-electron chi connectivity index (χ2n) is 7.58. The second kappa shape index (κ2) is 6.54. The number of hydrogen-bond donors (Lipinski definition) is 0. The lowest BCUT2D eigenvalue weighted by Gasteiger charge is -2.19. The van der Waals surface area contributed by atoms with E-state index in [1.807, 2.05) is 18.2 Å². The van der Waals surface area contributed by atoms with E-state index in [4.69, 9.17) is 5.10 Å². The van der Waals surface area contributed by atoms with Crippen LogP contribution in [-0.4, -0.2) is 34.7 Å². The van der Waals surface area contributed by atoms with Crippen molar-refractivity contribution in [3.8, 4) is 0 Å². The van der Waals surface area contributed by atoms with Crippen LogP contribution in [0.5, 0.6) is 0 Å². The zero-order valence-electron chi connectivity index (χ0n) is 15.1. The lowest BCUT2D eigenvalue weighted by molar-refractivity contribution is 0.0827. The fourth-order valence-electron chi connectivity index (χ4n) is 4.04. The topological polar surface area (TPSA) is 41.4 Å². The van der Waals surface area contributed by atoms with Gasteiger partial charge in [-0.1, -0.05) is 18.9 Å². The van der Waals surface area contributed by atoms with E-state index in [0.29, 0.717) is 0 Å². The number of benzene rings is 1. The molecule has 0 spiro atoms. The van der Waals surface area contributed by atoms with E-state index in [2.05, 4.69) is 21.8 Å². The maximum Gasteiger partial charge on any atom is 0.253 e. The number of anilines is 1. The van der Waals surface area contributed by atoms with Gasteiger partial charge in [-0.2, -0.15) is 5.10 Å². The van der Waals surface area contributed by atoms with E-state index < -0.39 is 0 Å². The van der Waals surface area contributed by atoms with Crippen molar-refractivity contribution in [1.29, 1.82) is 0 Å². The van der Waals surface area contributed by atoms with Crippen LogP contribution < -0.4 is 4.90 Å². The highest BCUT2D eigenvalue weighted by Gasteiger charge is 2.24. The molecule has 1 aliphatic carbocycles. The van der Waals surface area contributed by atoms with E-state index in [-0.39, 0.29) is 5.91 Å². The van der Waals surface area contributed by atoms with Crippen molar-refractivity contribution in [3.05, 3.63) is 47.3 Å². The molecule has 2 aliphatic rings. The molecule has 0 bridgehead atoms. The van der Waals surface area contributed by atoms with E-state index in [9.17, 15) is 4.79 Å². The Hall–Kier alpha value is -2.30. The highest BCUT2D eigenvalue weighted by Crippen LogP contribution is 2.30. The fourth-order valence-corrected chi connectivity index (χ4v) is 4.04. The van der Waals surface area contributed by atoms with Gasteiger partial charge in [0.15, 0.2) is 0 Å². The van der Waals surface area contributed by atoms with Gasteiger partial charge in [0.05, 0.1) is 12.2 Å². The van der Waals surface area contributed by atoms with Gasteiger partial charge in [-0.15, -0.1) is 0 Å². The maximum absolute atomic E-state index is 12.2. The molecule has 25 heavy (non-hydrogen) atoms. The van der Waals surface area contributed by atoms with Crippen LogP contribution in [-0.2, 0) is 19.6 Å². The van der Waals surface area contributed by atoms with E-state index >= 15 is 0 Å². The summed E-state index contributed by atoms with van der Waals surface area (Å²) in [5.41, 5.74) is 4.33. The second-order valence-corrected chi connectivity index (χ2v) is 7.58.